The van der Waals surface area contributed by atoms with Crippen LogP contribution in [-0.2, 0) is 13.0 Å². The van der Waals surface area contributed by atoms with Crippen molar-refractivity contribution in [3.63, 3.8) is 0 Å². The van der Waals surface area contributed by atoms with E-state index in [9.17, 15) is 5.11 Å². The molecular weight excluding hydrogens is 222 g/mol. The van der Waals surface area contributed by atoms with Crippen LogP contribution in [0.4, 0.5) is 0 Å². The average Bonchev–Trinajstić information content (AvgIpc) is 2.34. The van der Waals surface area contributed by atoms with Gasteiger partial charge in [0.2, 0.25) is 0 Å². The maximum atomic E-state index is 9.49. The van der Waals surface area contributed by atoms with Crippen LogP contribution in [0, 0.1) is 5.92 Å². The van der Waals surface area contributed by atoms with Crippen LogP contribution >= 0.6 is 0 Å². The van der Waals surface area contributed by atoms with Gasteiger partial charge in [0.1, 0.15) is 0 Å². The molecule has 100 valence electrons. The zero-order valence-corrected chi connectivity index (χ0v) is 11.6. The normalized spacial score (nSPS) is 18.4. The van der Waals surface area contributed by atoms with E-state index in [1.54, 1.807) is 0 Å². The van der Waals surface area contributed by atoms with E-state index in [0.29, 0.717) is 0 Å². The van der Waals surface area contributed by atoms with E-state index < -0.39 is 0 Å². The van der Waals surface area contributed by atoms with Crippen LogP contribution in [-0.4, -0.2) is 29.2 Å². The van der Waals surface area contributed by atoms with Crippen molar-refractivity contribution in [1.82, 2.24) is 4.90 Å². The Bertz CT molecular complexity index is 350. The average molecular weight is 247 g/mol. The molecule has 1 aromatic carbocycles. The van der Waals surface area contributed by atoms with Crippen LogP contribution in [0.15, 0.2) is 24.3 Å². The summed E-state index contributed by atoms with van der Waals surface area (Å²) in [6.45, 7) is 7.58. The fourth-order valence-corrected chi connectivity index (χ4v) is 2.59. The molecule has 0 bridgehead atoms. The summed E-state index contributed by atoms with van der Waals surface area (Å²) in [5.74, 6) is 0.722. The lowest BCUT2D eigenvalue weighted by Crippen LogP contribution is -2.35. The SMILES string of the molecule is CC(C)Cc1ccc(CN2CCC(O)CC2)cc1. The van der Waals surface area contributed by atoms with Crippen LogP contribution in [0.3, 0.4) is 0 Å². The van der Waals surface area contributed by atoms with Gasteiger partial charge < -0.3 is 5.11 Å². The molecule has 18 heavy (non-hydrogen) atoms. The second kappa shape index (κ2) is 6.35. The van der Waals surface area contributed by atoms with E-state index in [0.717, 1.165) is 44.8 Å². The Morgan fingerprint density at radius 2 is 1.67 bits per heavy atom. The number of piperidine rings is 1. The second-order valence-electron chi connectivity index (χ2n) is 5.92. The summed E-state index contributed by atoms with van der Waals surface area (Å²) in [4.78, 5) is 2.43. The Balaban J connectivity index is 1.86. The van der Waals surface area contributed by atoms with Gasteiger partial charge in [0.15, 0.2) is 0 Å². The van der Waals surface area contributed by atoms with Gasteiger partial charge in [-0.25, -0.2) is 0 Å². The van der Waals surface area contributed by atoms with Crippen LogP contribution in [0.2, 0.25) is 0 Å². The number of nitrogens with zero attached hydrogens (tertiary/aromatic N) is 1. The lowest BCUT2D eigenvalue weighted by atomic mass is 10.0. The molecule has 0 amide bonds. The summed E-state index contributed by atoms with van der Waals surface area (Å²) in [7, 11) is 0. The molecule has 1 saturated heterocycles. The molecule has 1 aromatic rings. The summed E-state index contributed by atoms with van der Waals surface area (Å²) in [6, 6.07) is 9.02. The minimum atomic E-state index is -0.0744. The standard InChI is InChI=1S/C16H25NO/c1-13(2)11-14-3-5-15(6-4-14)12-17-9-7-16(18)8-10-17/h3-6,13,16,18H,7-12H2,1-2H3. The quantitative estimate of drug-likeness (QED) is 0.884. The van der Waals surface area contributed by atoms with Gasteiger partial charge in [0, 0.05) is 19.6 Å². The number of likely N-dealkylation sites (tertiary alicyclic amines) is 1. The summed E-state index contributed by atoms with van der Waals surface area (Å²) >= 11 is 0. The molecule has 1 aliphatic rings. The predicted molar refractivity (Wildman–Crippen MR) is 75.5 cm³/mol. The molecule has 1 aliphatic heterocycles. The third kappa shape index (κ3) is 4.11. The smallest absolute Gasteiger partial charge is 0.0564 e. The van der Waals surface area contributed by atoms with Gasteiger partial charge in [0.05, 0.1) is 6.10 Å². The first kappa shape index (κ1) is 13.6. The molecule has 2 nitrogen and oxygen atoms in total. The van der Waals surface area contributed by atoms with Crippen molar-refractivity contribution in [2.45, 2.75) is 45.8 Å². The van der Waals surface area contributed by atoms with Crippen molar-refractivity contribution < 1.29 is 5.11 Å². The van der Waals surface area contributed by atoms with Gasteiger partial charge in [-0.15, -0.1) is 0 Å². The largest absolute Gasteiger partial charge is 0.393 e. The minimum Gasteiger partial charge on any atom is -0.393 e. The molecule has 0 spiro atoms. The van der Waals surface area contributed by atoms with Gasteiger partial charge in [-0.2, -0.15) is 0 Å². The zero-order valence-electron chi connectivity index (χ0n) is 11.6. The van der Waals surface area contributed by atoms with Gasteiger partial charge in [-0.1, -0.05) is 38.1 Å². The van der Waals surface area contributed by atoms with Crippen molar-refractivity contribution in [2.24, 2.45) is 5.92 Å². The number of benzene rings is 1. The molecule has 0 aliphatic carbocycles. The molecular formula is C16H25NO. The first-order chi connectivity index (χ1) is 8.63. The Morgan fingerprint density at radius 1 is 1.11 bits per heavy atom. The molecule has 2 heteroatoms. The first-order valence-electron chi connectivity index (χ1n) is 7.11. The van der Waals surface area contributed by atoms with Gasteiger partial charge in [-0.3, -0.25) is 4.90 Å². The lowest BCUT2D eigenvalue weighted by Gasteiger charge is -2.29. The molecule has 0 aromatic heterocycles. The molecule has 0 saturated carbocycles. The highest BCUT2D eigenvalue weighted by Gasteiger charge is 2.16. The summed E-state index contributed by atoms with van der Waals surface area (Å²) in [6.07, 6.45) is 2.93. The Morgan fingerprint density at radius 3 is 2.22 bits per heavy atom. The maximum Gasteiger partial charge on any atom is 0.0564 e. The van der Waals surface area contributed by atoms with Gasteiger partial charge >= 0.3 is 0 Å². The van der Waals surface area contributed by atoms with Gasteiger partial charge in [-0.05, 0) is 36.3 Å². The first-order valence-corrected chi connectivity index (χ1v) is 7.11. The Hall–Kier alpha value is -0.860. The third-order valence-corrected chi connectivity index (χ3v) is 3.63. The highest BCUT2D eigenvalue weighted by molar-refractivity contribution is 5.22. The van der Waals surface area contributed by atoms with Crippen LogP contribution in [0.1, 0.15) is 37.8 Å². The molecule has 2 rings (SSSR count). The lowest BCUT2D eigenvalue weighted by molar-refractivity contribution is 0.0792. The highest BCUT2D eigenvalue weighted by atomic mass is 16.3. The summed E-state index contributed by atoms with van der Waals surface area (Å²) < 4.78 is 0. The van der Waals surface area contributed by atoms with Crippen molar-refractivity contribution in [2.75, 3.05) is 13.1 Å². The van der Waals surface area contributed by atoms with Crippen molar-refractivity contribution in [1.29, 1.82) is 0 Å². The number of aliphatic hydroxyl groups is 1. The fourth-order valence-electron chi connectivity index (χ4n) is 2.59. The molecule has 0 unspecified atom stereocenters. The maximum absolute atomic E-state index is 9.49. The van der Waals surface area contributed by atoms with Crippen molar-refractivity contribution in [3.8, 4) is 0 Å². The number of hydrogen-bond acceptors (Lipinski definition) is 2. The van der Waals surface area contributed by atoms with Crippen LogP contribution in [0.5, 0.6) is 0 Å². The molecule has 0 atom stereocenters. The van der Waals surface area contributed by atoms with E-state index in [1.165, 1.54) is 11.1 Å². The predicted octanol–water partition coefficient (Wildman–Crippen LogP) is 2.84. The molecule has 1 fully saturated rings. The molecule has 1 heterocycles. The van der Waals surface area contributed by atoms with Gasteiger partial charge in [0.25, 0.3) is 0 Å². The van der Waals surface area contributed by atoms with Crippen molar-refractivity contribution in [3.05, 3.63) is 35.4 Å². The Kier molecular flexibility index (Phi) is 4.79. The topological polar surface area (TPSA) is 23.5 Å². The van der Waals surface area contributed by atoms with E-state index in [-0.39, 0.29) is 6.10 Å². The van der Waals surface area contributed by atoms with E-state index >= 15 is 0 Å². The van der Waals surface area contributed by atoms with E-state index in [1.807, 2.05) is 0 Å². The molecule has 1 N–H and O–H groups in total. The number of aliphatic hydroxyl groups excluding tert-OH is 1. The Labute approximate surface area is 111 Å². The van der Waals surface area contributed by atoms with Crippen LogP contribution in [0.25, 0.3) is 0 Å². The summed E-state index contributed by atoms with van der Waals surface area (Å²) in [5.41, 5.74) is 2.82. The van der Waals surface area contributed by atoms with E-state index in [4.69, 9.17) is 0 Å². The van der Waals surface area contributed by atoms with Crippen molar-refractivity contribution >= 4 is 0 Å². The molecule has 0 radical (unpaired) electrons. The summed E-state index contributed by atoms with van der Waals surface area (Å²) in [5, 5.41) is 9.49. The zero-order chi connectivity index (χ0) is 13.0. The highest BCUT2D eigenvalue weighted by Crippen LogP contribution is 2.15. The monoisotopic (exact) mass is 247 g/mol. The second-order valence-corrected chi connectivity index (χ2v) is 5.92. The van der Waals surface area contributed by atoms with Crippen LogP contribution < -0.4 is 0 Å². The fraction of sp³-hybridized carbons (Fsp3) is 0.625. The minimum absolute atomic E-state index is 0.0744. The van der Waals surface area contributed by atoms with E-state index in [2.05, 4.69) is 43.0 Å². The third-order valence-electron chi connectivity index (χ3n) is 3.63. The number of rotatable bonds is 4. The number of hydrogen-bond donors (Lipinski definition) is 1.